The van der Waals surface area contributed by atoms with Crippen molar-refractivity contribution in [1.82, 2.24) is 20.4 Å². The molecule has 0 saturated carbocycles. The van der Waals surface area contributed by atoms with Crippen molar-refractivity contribution in [2.24, 2.45) is 0 Å². The minimum absolute atomic E-state index is 0.0205. The lowest BCUT2D eigenvalue weighted by molar-refractivity contribution is 0.200. The number of aliphatic hydroxyl groups excluding tert-OH is 1. The van der Waals surface area contributed by atoms with Gasteiger partial charge in [-0.25, -0.2) is 13.9 Å². The van der Waals surface area contributed by atoms with Crippen molar-refractivity contribution >= 4 is 6.03 Å². The minimum Gasteiger partial charge on any atom is -0.396 e. The Hall–Kier alpha value is -2.41. The van der Waals surface area contributed by atoms with Crippen molar-refractivity contribution in [2.75, 3.05) is 6.61 Å². The number of carbonyl (C=O) groups is 1. The van der Waals surface area contributed by atoms with Crippen molar-refractivity contribution in [1.29, 1.82) is 0 Å². The van der Waals surface area contributed by atoms with E-state index in [9.17, 15) is 9.18 Å². The fourth-order valence-electron chi connectivity index (χ4n) is 2.26. The van der Waals surface area contributed by atoms with E-state index in [1.165, 1.54) is 12.1 Å². The Morgan fingerprint density at radius 3 is 2.67 bits per heavy atom. The summed E-state index contributed by atoms with van der Waals surface area (Å²) in [6.45, 7) is 4.15. The maximum Gasteiger partial charge on any atom is 0.315 e. The fraction of sp³-hybridized carbons (Fsp3) is 0.412. The van der Waals surface area contributed by atoms with Crippen molar-refractivity contribution in [3.63, 3.8) is 0 Å². The van der Waals surface area contributed by atoms with Gasteiger partial charge < -0.3 is 15.7 Å². The van der Waals surface area contributed by atoms with Gasteiger partial charge in [-0.1, -0.05) is 6.92 Å². The van der Waals surface area contributed by atoms with Crippen LogP contribution in [0, 0.1) is 5.82 Å². The smallest absolute Gasteiger partial charge is 0.315 e. The number of carbonyl (C=O) groups excluding carboxylic acids is 1. The average Bonchev–Trinajstić information content (AvgIpc) is 3.03. The highest BCUT2D eigenvalue weighted by atomic mass is 19.1. The van der Waals surface area contributed by atoms with E-state index >= 15 is 0 Å². The van der Waals surface area contributed by atoms with Crippen LogP contribution in [0.3, 0.4) is 0 Å². The van der Waals surface area contributed by atoms with Gasteiger partial charge in [0.25, 0.3) is 0 Å². The molecule has 2 rings (SSSR count). The quantitative estimate of drug-likeness (QED) is 0.727. The molecule has 0 aliphatic carbocycles. The second kappa shape index (κ2) is 7.92. The number of nitrogens with one attached hydrogen (secondary N) is 2. The Morgan fingerprint density at radius 1 is 1.33 bits per heavy atom. The third-order valence-corrected chi connectivity index (χ3v) is 4.02. The van der Waals surface area contributed by atoms with Crippen molar-refractivity contribution in [3.8, 4) is 5.69 Å². The molecule has 6 nitrogen and oxygen atoms in total. The Morgan fingerprint density at radius 2 is 2.04 bits per heavy atom. The van der Waals surface area contributed by atoms with Gasteiger partial charge in [-0.3, -0.25) is 0 Å². The predicted octanol–water partition coefficient (Wildman–Crippen LogP) is 2.36. The van der Waals surface area contributed by atoms with Gasteiger partial charge in [-0.2, -0.15) is 5.10 Å². The van der Waals surface area contributed by atoms with E-state index in [2.05, 4.69) is 15.7 Å². The maximum atomic E-state index is 12.9. The number of aromatic nitrogens is 2. The molecule has 0 bridgehead atoms. The number of aliphatic hydroxyl groups is 1. The van der Waals surface area contributed by atoms with Crippen LogP contribution in [0.15, 0.2) is 36.5 Å². The van der Waals surface area contributed by atoms with E-state index in [1.54, 1.807) is 29.1 Å². The second-order valence-electron chi connectivity index (χ2n) is 5.92. The van der Waals surface area contributed by atoms with E-state index in [0.717, 1.165) is 12.1 Å². The molecule has 2 amide bonds. The summed E-state index contributed by atoms with van der Waals surface area (Å²) in [5, 5.41) is 19.0. The summed E-state index contributed by atoms with van der Waals surface area (Å²) in [6.07, 6.45) is 2.97. The van der Waals surface area contributed by atoms with Crippen LogP contribution in [0.2, 0.25) is 0 Å². The van der Waals surface area contributed by atoms with Crippen LogP contribution in [0.5, 0.6) is 0 Å². The SMILES string of the molecule is CCC(C)(CCO)NC(=O)NCc1ccn(-c2ccc(F)cc2)n1. The van der Waals surface area contributed by atoms with Crippen LogP contribution in [0.25, 0.3) is 5.69 Å². The van der Waals surface area contributed by atoms with E-state index < -0.39 is 5.54 Å². The number of urea groups is 1. The Bertz CT molecular complexity index is 671. The van der Waals surface area contributed by atoms with Crippen LogP contribution in [-0.4, -0.2) is 33.1 Å². The van der Waals surface area contributed by atoms with Gasteiger partial charge >= 0.3 is 6.03 Å². The zero-order valence-electron chi connectivity index (χ0n) is 13.9. The molecule has 1 atom stereocenters. The molecule has 0 aliphatic rings. The summed E-state index contributed by atoms with van der Waals surface area (Å²) in [5.41, 5.74) is 0.996. The van der Waals surface area contributed by atoms with Crippen molar-refractivity contribution in [3.05, 3.63) is 48.0 Å². The van der Waals surface area contributed by atoms with Gasteiger partial charge in [-0.05, 0) is 50.1 Å². The van der Waals surface area contributed by atoms with Crippen LogP contribution >= 0.6 is 0 Å². The number of amides is 2. The second-order valence-corrected chi connectivity index (χ2v) is 5.92. The maximum absolute atomic E-state index is 12.9. The number of rotatable bonds is 7. The predicted molar refractivity (Wildman–Crippen MR) is 89.3 cm³/mol. The molecule has 1 aromatic heterocycles. The topological polar surface area (TPSA) is 79.2 Å². The van der Waals surface area contributed by atoms with Gasteiger partial charge in [0.15, 0.2) is 0 Å². The minimum atomic E-state index is -0.438. The lowest BCUT2D eigenvalue weighted by Crippen LogP contribution is -2.50. The molecular formula is C17H23FN4O2. The summed E-state index contributed by atoms with van der Waals surface area (Å²) in [4.78, 5) is 12.0. The molecule has 1 unspecified atom stereocenters. The van der Waals surface area contributed by atoms with E-state index in [-0.39, 0.29) is 25.0 Å². The van der Waals surface area contributed by atoms with Crippen molar-refractivity contribution in [2.45, 2.75) is 38.8 Å². The first-order valence-electron chi connectivity index (χ1n) is 7.93. The molecular weight excluding hydrogens is 311 g/mol. The normalized spacial score (nSPS) is 13.3. The van der Waals surface area contributed by atoms with Gasteiger partial charge in [0.05, 0.1) is 17.9 Å². The van der Waals surface area contributed by atoms with E-state index in [4.69, 9.17) is 5.11 Å². The molecule has 1 heterocycles. The highest BCUT2D eigenvalue weighted by Crippen LogP contribution is 2.13. The summed E-state index contributed by atoms with van der Waals surface area (Å²) < 4.78 is 14.6. The fourth-order valence-corrected chi connectivity index (χ4v) is 2.26. The van der Waals surface area contributed by atoms with Crippen LogP contribution in [0.1, 0.15) is 32.4 Å². The number of nitrogens with zero attached hydrogens (tertiary/aromatic N) is 2. The average molecular weight is 334 g/mol. The number of benzene rings is 1. The third-order valence-electron chi connectivity index (χ3n) is 4.02. The monoisotopic (exact) mass is 334 g/mol. The molecule has 0 radical (unpaired) electrons. The first-order chi connectivity index (χ1) is 11.5. The van der Waals surface area contributed by atoms with Gasteiger partial charge in [0, 0.05) is 18.3 Å². The molecule has 0 aliphatic heterocycles. The van der Waals surface area contributed by atoms with Crippen LogP contribution < -0.4 is 10.6 Å². The van der Waals surface area contributed by atoms with Gasteiger partial charge in [0.1, 0.15) is 5.82 Å². The number of hydrogen-bond acceptors (Lipinski definition) is 3. The first kappa shape index (κ1) is 17.9. The van der Waals surface area contributed by atoms with E-state index in [1.807, 2.05) is 13.8 Å². The summed E-state index contributed by atoms with van der Waals surface area (Å²) in [5.74, 6) is -0.300. The Balaban J connectivity index is 1.91. The molecule has 3 N–H and O–H groups in total. The van der Waals surface area contributed by atoms with Crippen LogP contribution in [-0.2, 0) is 6.54 Å². The first-order valence-corrected chi connectivity index (χ1v) is 7.93. The third kappa shape index (κ3) is 4.79. The van der Waals surface area contributed by atoms with E-state index in [0.29, 0.717) is 12.1 Å². The molecule has 2 aromatic rings. The standard InChI is InChI=1S/C17H23FN4O2/c1-3-17(2,9-11-23)20-16(24)19-12-14-8-10-22(21-14)15-6-4-13(18)5-7-15/h4-8,10,23H,3,9,11-12H2,1-2H3,(H2,19,20,24). The summed E-state index contributed by atoms with van der Waals surface area (Å²) in [6, 6.07) is 7.49. The lowest BCUT2D eigenvalue weighted by Gasteiger charge is -2.28. The number of hydrogen-bond donors (Lipinski definition) is 3. The molecule has 130 valence electrons. The largest absolute Gasteiger partial charge is 0.396 e. The molecule has 0 fully saturated rings. The highest BCUT2D eigenvalue weighted by molar-refractivity contribution is 5.74. The zero-order valence-corrected chi connectivity index (χ0v) is 13.9. The Kier molecular flexibility index (Phi) is 5.92. The molecule has 7 heteroatoms. The number of halogens is 1. The van der Waals surface area contributed by atoms with Gasteiger partial charge in [0.2, 0.25) is 0 Å². The summed E-state index contributed by atoms with van der Waals surface area (Å²) in [7, 11) is 0. The van der Waals surface area contributed by atoms with Crippen molar-refractivity contribution < 1.29 is 14.3 Å². The summed E-state index contributed by atoms with van der Waals surface area (Å²) >= 11 is 0. The highest BCUT2D eigenvalue weighted by Gasteiger charge is 2.23. The Labute approximate surface area is 140 Å². The molecule has 0 spiro atoms. The molecule has 1 aromatic carbocycles. The lowest BCUT2D eigenvalue weighted by atomic mass is 9.95. The molecule has 24 heavy (non-hydrogen) atoms. The van der Waals surface area contributed by atoms with Crippen LogP contribution in [0.4, 0.5) is 9.18 Å². The zero-order chi connectivity index (χ0) is 17.6. The van der Waals surface area contributed by atoms with Gasteiger partial charge in [-0.15, -0.1) is 0 Å². The molecule has 0 saturated heterocycles.